The van der Waals surface area contributed by atoms with Crippen LogP contribution in [-0.2, 0) is 14.8 Å². The first kappa shape index (κ1) is 14.8. The van der Waals surface area contributed by atoms with Gasteiger partial charge in [-0.3, -0.25) is 0 Å². The fourth-order valence-corrected chi connectivity index (χ4v) is 3.63. The van der Waals surface area contributed by atoms with Gasteiger partial charge >= 0.3 is 5.97 Å². The number of hydrogen-bond acceptors (Lipinski definition) is 4. The first-order valence-electron chi connectivity index (χ1n) is 6.46. The molecule has 2 rings (SSSR count). The van der Waals surface area contributed by atoms with E-state index in [0.717, 1.165) is 0 Å². The van der Waals surface area contributed by atoms with Crippen molar-refractivity contribution < 1.29 is 18.3 Å². The van der Waals surface area contributed by atoms with Crippen LogP contribution >= 0.6 is 0 Å². The van der Waals surface area contributed by atoms with Crippen molar-refractivity contribution in [2.45, 2.75) is 36.6 Å². The fourth-order valence-electron chi connectivity index (χ4n) is 2.89. The average molecular weight is 298 g/mol. The number of nitrogens with zero attached hydrogens (tertiary/aromatic N) is 1. The summed E-state index contributed by atoms with van der Waals surface area (Å²) in [6.45, 7) is 2.30. The number of nitrogens with two attached hydrogens (primary N) is 1. The summed E-state index contributed by atoms with van der Waals surface area (Å²) in [6, 6.07) is 6.28. The molecule has 6 nitrogen and oxygen atoms in total. The van der Waals surface area contributed by atoms with Crippen LogP contribution in [0.15, 0.2) is 29.2 Å². The second kappa shape index (κ2) is 5.06. The van der Waals surface area contributed by atoms with Crippen LogP contribution in [0, 0.1) is 0 Å². The van der Waals surface area contributed by atoms with Crippen molar-refractivity contribution in [2.24, 2.45) is 5.14 Å². The van der Waals surface area contributed by atoms with Crippen molar-refractivity contribution in [3.8, 4) is 0 Å². The maximum absolute atomic E-state index is 11.7. The lowest BCUT2D eigenvalue weighted by Gasteiger charge is -2.36. The molecule has 1 saturated heterocycles. The Morgan fingerprint density at radius 1 is 1.45 bits per heavy atom. The SMILES string of the molecule is CCC1(C(=O)O)CCCN1c1ccccc1S(N)(=O)=O. The van der Waals surface area contributed by atoms with E-state index in [9.17, 15) is 18.3 Å². The Morgan fingerprint density at radius 2 is 2.10 bits per heavy atom. The zero-order valence-electron chi connectivity index (χ0n) is 11.2. The maximum Gasteiger partial charge on any atom is 0.329 e. The molecule has 1 unspecified atom stereocenters. The van der Waals surface area contributed by atoms with Gasteiger partial charge in [0.05, 0.1) is 5.69 Å². The molecule has 110 valence electrons. The summed E-state index contributed by atoms with van der Waals surface area (Å²) in [5.41, 5.74) is -0.683. The molecule has 1 aromatic carbocycles. The third kappa shape index (κ3) is 2.27. The number of carbonyl (C=O) groups is 1. The smallest absolute Gasteiger partial charge is 0.329 e. The number of anilines is 1. The fraction of sp³-hybridized carbons (Fsp3) is 0.462. The van der Waals surface area contributed by atoms with Gasteiger partial charge in [-0.2, -0.15) is 0 Å². The van der Waals surface area contributed by atoms with Crippen LogP contribution in [0.25, 0.3) is 0 Å². The minimum absolute atomic E-state index is 0.0269. The van der Waals surface area contributed by atoms with E-state index in [-0.39, 0.29) is 4.90 Å². The topological polar surface area (TPSA) is 101 Å². The largest absolute Gasteiger partial charge is 0.479 e. The van der Waals surface area contributed by atoms with Gasteiger partial charge in [-0.25, -0.2) is 18.4 Å². The molecular weight excluding hydrogens is 280 g/mol. The van der Waals surface area contributed by atoms with Gasteiger partial charge < -0.3 is 10.0 Å². The molecule has 0 spiro atoms. The van der Waals surface area contributed by atoms with Crippen LogP contribution in [0.4, 0.5) is 5.69 Å². The van der Waals surface area contributed by atoms with E-state index in [1.165, 1.54) is 6.07 Å². The van der Waals surface area contributed by atoms with E-state index in [4.69, 9.17) is 5.14 Å². The molecule has 0 aromatic heterocycles. The van der Waals surface area contributed by atoms with Gasteiger partial charge in [-0.1, -0.05) is 19.1 Å². The molecular formula is C13H18N2O4S. The van der Waals surface area contributed by atoms with Crippen LogP contribution in [0.5, 0.6) is 0 Å². The zero-order valence-corrected chi connectivity index (χ0v) is 12.1. The van der Waals surface area contributed by atoms with Crippen LogP contribution in [-0.4, -0.2) is 31.6 Å². The van der Waals surface area contributed by atoms with Crippen molar-refractivity contribution in [1.29, 1.82) is 0 Å². The minimum Gasteiger partial charge on any atom is -0.479 e. The number of primary sulfonamides is 1. The molecule has 20 heavy (non-hydrogen) atoms. The highest BCUT2D eigenvalue weighted by molar-refractivity contribution is 7.89. The van der Waals surface area contributed by atoms with Gasteiger partial charge in [0.2, 0.25) is 10.0 Å². The minimum atomic E-state index is -3.89. The standard InChI is InChI=1S/C13H18N2O4S/c1-2-13(12(16)17)8-5-9-15(13)10-6-3-4-7-11(10)20(14,18)19/h3-4,6-7H,2,5,8-9H2,1H3,(H,16,17)(H2,14,18,19). The lowest BCUT2D eigenvalue weighted by Crippen LogP contribution is -2.50. The van der Waals surface area contributed by atoms with Gasteiger partial charge in [-0.15, -0.1) is 0 Å². The van der Waals surface area contributed by atoms with Crippen molar-refractivity contribution in [3.05, 3.63) is 24.3 Å². The molecule has 1 aliphatic rings. The van der Waals surface area contributed by atoms with E-state index in [2.05, 4.69) is 0 Å². The number of carboxylic acid groups (broad SMARTS) is 1. The van der Waals surface area contributed by atoms with Crippen LogP contribution in [0.1, 0.15) is 26.2 Å². The molecule has 0 amide bonds. The van der Waals surface area contributed by atoms with Gasteiger partial charge in [-0.05, 0) is 31.4 Å². The van der Waals surface area contributed by atoms with Crippen molar-refractivity contribution >= 4 is 21.7 Å². The lowest BCUT2D eigenvalue weighted by molar-refractivity contribution is -0.143. The van der Waals surface area contributed by atoms with Crippen LogP contribution in [0.3, 0.4) is 0 Å². The predicted molar refractivity (Wildman–Crippen MR) is 75.1 cm³/mol. The highest BCUT2D eigenvalue weighted by Gasteiger charge is 2.47. The number of para-hydroxylation sites is 1. The monoisotopic (exact) mass is 298 g/mol. The van der Waals surface area contributed by atoms with Crippen LogP contribution < -0.4 is 10.0 Å². The molecule has 0 bridgehead atoms. The summed E-state index contributed by atoms with van der Waals surface area (Å²) < 4.78 is 23.4. The number of hydrogen-bond donors (Lipinski definition) is 2. The van der Waals surface area contributed by atoms with Crippen molar-refractivity contribution in [1.82, 2.24) is 0 Å². The van der Waals surface area contributed by atoms with Gasteiger partial charge in [0.1, 0.15) is 10.4 Å². The third-order valence-corrected chi connectivity index (χ3v) is 4.89. The Bertz CT molecular complexity index is 629. The molecule has 7 heteroatoms. The molecule has 3 N–H and O–H groups in total. The number of rotatable bonds is 4. The third-order valence-electron chi connectivity index (χ3n) is 3.93. The Balaban J connectivity index is 2.60. The molecule has 1 atom stereocenters. The second-order valence-corrected chi connectivity index (χ2v) is 6.49. The molecule has 0 radical (unpaired) electrons. The molecule has 1 aliphatic heterocycles. The normalized spacial score (nSPS) is 23.0. The van der Waals surface area contributed by atoms with Crippen LogP contribution in [0.2, 0.25) is 0 Å². The predicted octanol–water partition coefficient (Wildman–Crippen LogP) is 1.17. The Kier molecular flexibility index (Phi) is 3.75. The summed E-state index contributed by atoms with van der Waals surface area (Å²) in [5, 5.41) is 14.8. The maximum atomic E-state index is 11.7. The van der Waals surface area contributed by atoms with E-state index >= 15 is 0 Å². The number of sulfonamides is 1. The Labute approximate surface area is 118 Å². The zero-order chi connectivity index (χ0) is 15.0. The molecule has 1 fully saturated rings. The van der Waals surface area contributed by atoms with E-state index in [1.807, 2.05) is 0 Å². The lowest BCUT2D eigenvalue weighted by atomic mass is 9.92. The molecule has 0 aliphatic carbocycles. The summed E-state index contributed by atoms with van der Waals surface area (Å²) in [5.74, 6) is -0.929. The molecule has 1 aromatic rings. The van der Waals surface area contributed by atoms with Gasteiger partial charge in [0.15, 0.2) is 0 Å². The van der Waals surface area contributed by atoms with E-state index < -0.39 is 21.5 Å². The highest BCUT2D eigenvalue weighted by atomic mass is 32.2. The number of aliphatic carboxylic acids is 1. The Hall–Kier alpha value is -1.60. The first-order valence-corrected chi connectivity index (χ1v) is 8.00. The average Bonchev–Trinajstić information content (AvgIpc) is 2.82. The van der Waals surface area contributed by atoms with Gasteiger partial charge in [0, 0.05) is 6.54 Å². The second-order valence-electron chi connectivity index (χ2n) is 4.96. The van der Waals surface area contributed by atoms with Crippen molar-refractivity contribution in [3.63, 3.8) is 0 Å². The summed E-state index contributed by atoms with van der Waals surface area (Å²) in [6.07, 6.45) is 1.61. The summed E-state index contributed by atoms with van der Waals surface area (Å²) in [7, 11) is -3.89. The van der Waals surface area contributed by atoms with Gasteiger partial charge in [0.25, 0.3) is 0 Å². The first-order chi connectivity index (χ1) is 9.33. The summed E-state index contributed by atoms with van der Waals surface area (Å²) in [4.78, 5) is 13.3. The van der Waals surface area contributed by atoms with E-state index in [1.54, 1.807) is 30.0 Å². The summed E-state index contributed by atoms with van der Waals surface area (Å²) >= 11 is 0. The Morgan fingerprint density at radius 3 is 2.65 bits per heavy atom. The van der Waals surface area contributed by atoms with E-state index in [0.29, 0.717) is 31.5 Å². The van der Waals surface area contributed by atoms with Crippen molar-refractivity contribution in [2.75, 3.05) is 11.4 Å². The number of benzene rings is 1. The molecule has 1 heterocycles. The number of carboxylic acids is 1. The highest BCUT2D eigenvalue weighted by Crippen LogP contribution is 2.39. The molecule has 0 saturated carbocycles. The quantitative estimate of drug-likeness (QED) is 0.869.